The number of carbonyl (C=O) groups excluding carboxylic acids is 1. The van der Waals surface area contributed by atoms with E-state index >= 15 is 0 Å². The van der Waals surface area contributed by atoms with Gasteiger partial charge in [0.25, 0.3) is 5.91 Å². The first-order valence-electron chi connectivity index (χ1n) is 8.48. The van der Waals surface area contributed by atoms with Gasteiger partial charge in [-0.2, -0.15) is 0 Å². The van der Waals surface area contributed by atoms with Crippen molar-refractivity contribution in [3.8, 4) is 0 Å². The molecule has 1 amide bonds. The van der Waals surface area contributed by atoms with E-state index in [2.05, 4.69) is 48.5 Å². The number of aryl methyl sites for hydroxylation is 1. The first-order chi connectivity index (χ1) is 12.0. The molecule has 0 atom stereocenters. The summed E-state index contributed by atoms with van der Waals surface area (Å²) in [7, 11) is 1.63. The number of rotatable bonds is 4. The van der Waals surface area contributed by atoms with Crippen LogP contribution in [0.15, 0.2) is 48.7 Å². The van der Waals surface area contributed by atoms with Crippen molar-refractivity contribution in [3.05, 3.63) is 65.4 Å². The van der Waals surface area contributed by atoms with Gasteiger partial charge >= 0.3 is 0 Å². The molecule has 2 aromatic carbocycles. The molecule has 0 fully saturated rings. The van der Waals surface area contributed by atoms with E-state index in [1.54, 1.807) is 13.2 Å². The van der Waals surface area contributed by atoms with Gasteiger partial charge in [0, 0.05) is 24.3 Å². The highest BCUT2D eigenvalue weighted by molar-refractivity contribution is 6.08. The molecule has 4 nitrogen and oxygen atoms in total. The van der Waals surface area contributed by atoms with Gasteiger partial charge in [-0.3, -0.25) is 9.78 Å². The zero-order valence-corrected chi connectivity index (χ0v) is 15.1. The average Bonchev–Trinajstić information content (AvgIpc) is 2.61. The number of carbonyl (C=O) groups is 1. The van der Waals surface area contributed by atoms with Crippen LogP contribution in [-0.4, -0.2) is 17.9 Å². The maximum atomic E-state index is 12.4. The second-order valence-electron chi connectivity index (χ2n) is 6.50. The summed E-state index contributed by atoms with van der Waals surface area (Å²) in [6, 6.07) is 14.1. The van der Waals surface area contributed by atoms with Gasteiger partial charge in [-0.05, 0) is 48.2 Å². The molecule has 0 spiro atoms. The number of para-hydroxylation sites is 1. The molecular weight excluding hydrogens is 310 g/mol. The first-order valence-corrected chi connectivity index (χ1v) is 8.48. The topological polar surface area (TPSA) is 54.0 Å². The van der Waals surface area contributed by atoms with E-state index in [-0.39, 0.29) is 5.91 Å². The van der Waals surface area contributed by atoms with E-state index in [4.69, 9.17) is 0 Å². The Kier molecular flexibility index (Phi) is 4.70. The second-order valence-corrected chi connectivity index (χ2v) is 6.50. The number of hydrogen-bond donors (Lipinski definition) is 2. The van der Waals surface area contributed by atoms with Crippen LogP contribution >= 0.6 is 0 Å². The summed E-state index contributed by atoms with van der Waals surface area (Å²) >= 11 is 0. The second kappa shape index (κ2) is 6.93. The van der Waals surface area contributed by atoms with Crippen molar-refractivity contribution >= 4 is 28.2 Å². The molecule has 0 unspecified atom stereocenters. The lowest BCUT2D eigenvalue weighted by molar-refractivity contribution is 0.0963. The van der Waals surface area contributed by atoms with Crippen LogP contribution in [0.2, 0.25) is 0 Å². The summed E-state index contributed by atoms with van der Waals surface area (Å²) in [5, 5.41) is 7.08. The van der Waals surface area contributed by atoms with E-state index < -0.39 is 0 Å². The Morgan fingerprint density at radius 2 is 1.84 bits per heavy atom. The minimum absolute atomic E-state index is 0.153. The van der Waals surface area contributed by atoms with Crippen molar-refractivity contribution in [1.82, 2.24) is 10.3 Å². The van der Waals surface area contributed by atoms with Crippen LogP contribution in [0.3, 0.4) is 0 Å². The summed E-state index contributed by atoms with van der Waals surface area (Å²) < 4.78 is 0. The third-order valence-corrected chi connectivity index (χ3v) is 4.39. The fraction of sp³-hybridized carbons (Fsp3) is 0.238. The smallest absolute Gasteiger partial charge is 0.254 e. The number of amides is 1. The molecular formula is C21H23N3O. The summed E-state index contributed by atoms with van der Waals surface area (Å²) in [5.41, 5.74) is 5.63. The van der Waals surface area contributed by atoms with Gasteiger partial charge in [-0.1, -0.05) is 32.0 Å². The standard InChI is InChI=1S/C21H23N3O/c1-13(2)16-11-17-19(10-14(16)3)23-12-18(21(25)22-4)20(17)24-15-8-6-5-7-9-15/h5-13H,1-4H3,(H,22,25)(H,23,24). The minimum atomic E-state index is -0.153. The third-order valence-electron chi connectivity index (χ3n) is 4.39. The van der Waals surface area contributed by atoms with Crippen molar-refractivity contribution < 1.29 is 4.79 Å². The predicted molar refractivity (Wildman–Crippen MR) is 104 cm³/mol. The lowest BCUT2D eigenvalue weighted by Crippen LogP contribution is -2.19. The molecule has 0 radical (unpaired) electrons. The quantitative estimate of drug-likeness (QED) is 0.723. The third kappa shape index (κ3) is 3.33. The van der Waals surface area contributed by atoms with Gasteiger partial charge in [-0.15, -0.1) is 0 Å². The number of aromatic nitrogens is 1. The van der Waals surface area contributed by atoms with Crippen LogP contribution in [0.1, 0.15) is 41.3 Å². The summed E-state index contributed by atoms with van der Waals surface area (Å²) in [5.74, 6) is 0.247. The monoisotopic (exact) mass is 333 g/mol. The molecule has 0 aliphatic rings. The fourth-order valence-corrected chi connectivity index (χ4v) is 3.09. The Balaban J connectivity index is 2.27. The molecule has 0 saturated heterocycles. The molecule has 4 heteroatoms. The maximum Gasteiger partial charge on any atom is 0.254 e. The Hall–Kier alpha value is -2.88. The predicted octanol–water partition coefficient (Wildman–Crippen LogP) is 4.77. The highest BCUT2D eigenvalue weighted by atomic mass is 16.1. The molecule has 0 aliphatic heterocycles. The maximum absolute atomic E-state index is 12.4. The Bertz CT molecular complexity index is 917. The lowest BCUT2D eigenvalue weighted by atomic mass is 9.94. The van der Waals surface area contributed by atoms with E-state index in [9.17, 15) is 4.79 Å². The number of pyridine rings is 1. The number of nitrogens with zero attached hydrogens (tertiary/aromatic N) is 1. The molecule has 1 aromatic heterocycles. The highest BCUT2D eigenvalue weighted by Gasteiger charge is 2.17. The van der Waals surface area contributed by atoms with Gasteiger partial charge in [0.2, 0.25) is 0 Å². The van der Waals surface area contributed by atoms with Crippen LogP contribution in [-0.2, 0) is 0 Å². The zero-order valence-electron chi connectivity index (χ0n) is 15.1. The first kappa shape index (κ1) is 17.0. The average molecular weight is 333 g/mol. The van der Waals surface area contributed by atoms with Gasteiger partial charge < -0.3 is 10.6 Å². The SMILES string of the molecule is CNC(=O)c1cnc2cc(C)c(C(C)C)cc2c1Nc1ccccc1. The van der Waals surface area contributed by atoms with Gasteiger partial charge in [0.05, 0.1) is 16.8 Å². The van der Waals surface area contributed by atoms with Crippen molar-refractivity contribution in [2.75, 3.05) is 12.4 Å². The highest BCUT2D eigenvalue weighted by Crippen LogP contribution is 2.33. The van der Waals surface area contributed by atoms with Crippen LogP contribution in [0, 0.1) is 6.92 Å². The Morgan fingerprint density at radius 1 is 1.12 bits per heavy atom. The van der Waals surface area contributed by atoms with Crippen molar-refractivity contribution in [3.63, 3.8) is 0 Å². The Morgan fingerprint density at radius 3 is 2.48 bits per heavy atom. The lowest BCUT2D eigenvalue weighted by Gasteiger charge is -2.17. The van der Waals surface area contributed by atoms with Gasteiger partial charge in [-0.25, -0.2) is 0 Å². The number of anilines is 2. The van der Waals surface area contributed by atoms with E-state index in [0.29, 0.717) is 11.5 Å². The molecule has 0 bridgehead atoms. The van der Waals surface area contributed by atoms with Crippen molar-refractivity contribution in [2.24, 2.45) is 0 Å². The van der Waals surface area contributed by atoms with Crippen molar-refractivity contribution in [2.45, 2.75) is 26.7 Å². The summed E-state index contributed by atoms with van der Waals surface area (Å²) in [4.78, 5) is 16.9. The number of nitrogens with one attached hydrogen (secondary N) is 2. The number of hydrogen-bond acceptors (Lipinski definition) is 3. The van der Waals surface area contributed by atoms with E-state index in [0.717, 1.165) is 22.3 Å². The summed E-state index contributed by atoms with van der Waals surface area (Å²) in [6.07, 6.45) is 1.64. The molecule has 2 N–H and O–H groups in total. The van der Waals surface area contributed by atoms with Crippen LogP contribution < -0.4 is 10.6 Å². The molecule has 0 aliphatic carbocycles. The van der Waals surface area contributed by atoms with Crippen LogP contribution in [0.4, 0.5) is 11.4 Å². The molecule has 0 saturated carbocycles. The fourth-order valence-electron chi connectivity index (χ4n) is 3.09. The summed E-state index contributed by atoms with van der Waals surface area (Å²) in [6.45, 7) is 6.45. The molecule has 3 aromatic rings. The van der Waals surface area contributed by atoms with Crippen molar-refractivity contribution in [1.29, 1.82) is 0 Å². The molecule has 3 rings (SSSR count). The zero-order chi connectivity index (χ0) is 18.0. The molecule has 1 heterocycles. The Labute approximate surface area is 148 Å². The van der Waals surface area contributed by atoms with Crippen LogP contribution in [0.25, 0.3) is 10.9 Å². The number of benzene rings is 2. The van der Waals surface area contributed by atoms with Gasteiger partial charge in [0.15, 0.2) is 0 Å². The van der Waals surface area contributed by atoms with Crippen LogP contribution in [0.5, 0.6) is 0 Å². The molecule has 128 valence electrons. The van der Waals surface area contributed by atoms with Gasteiger partial charge in [0.1, 0.15) is 0 Å². The van der Waals surface area contributed by atoms with E-state index in [1.165, 1.54) is 11.1 Å². The van der Waals surface area contributed by atoms with E-state index in [1.807, 2.05) is 30.3 Å². The largest absolute Gasteiger partial charge is 0.355 e. The minimum Gasteiger partial charge on any atom is -0.355 e. The number of fused-ring (bicyclic) bond motifs is 1. The molecule has 25 heavy (non-hydrogen) atoms. The normalized spacial score (nSPS) is 10.9.